The van der Waals surface area contributed by atoms with Gasteiger partial charge in [0.25, 0.3) is 0 Å². The van der Waals surface area contributed by atoms with Gasteiger partial charge in [-0.15, -0.1) is 0 Å². The molecule has 0 aromatic heterocycles. The molecule has 1 heterocycles. The molecule has 17 heavy (non-hydrogen) atoms. The summed E-state index contributed by atoms with van der Waals surface area (Å²) >= 11 is 0. The van der Waals surface area contributed by atoms with Gasteiger partial charge in [0.05, 0.1) is 6.61 Å². The molecular weight excluding hydrogens is 218 g/mol. The lowest BCUT2D eigenvalue weighted by molar-refractivity contribution is 0.00975. The van der Waals surface area contributed by atoms with Crippen molar-refractivity contribution in [3.8, 4) is 0 Å². The number of rotatable bonds is 6. The van der Waals surface area contributed by atoms with Gasteiger partial charge >= 0.3 is 6.16 Å². The quantitative estimate of drug-likeness (QED) is 0.575. The van der Waals surface area contributed by atoms with Gasteiger partial charge in [-0.05, 0) is 32.2 Å². The second-order valence-electron chi connectivity index (χ2n) is 4.57. The first-order valence-corrected chi connectivity index (χ1v) is 6.89. The van der Waals surface area contributed by atoms with E-state index in [1.54, 1.807) is 0 Å². The van der Waals surface area contributed by atoms with Crippen molar-refractivity contribution >= 4 is 6.16 Å². The fourth-order valence-corrected chi connectivity index (χ4v) is 1.93. The minimum absolute atomic E-state index is 0.152. The van der Waals surface area contributed by atoms with Crippen molar-refractivity contribution in [2.24, 2.45) is 0 Å². The van der Waals surface area contributed by atoms with Crippen LogP contribution in [0.2, 0.25) is 0 Å². The standard InChI is InChI=1S/C13H25NO3/c1-2-3-4-8-11-16-13(15)17-12-9-6-5-7-10-14-12/h12,14H,2-11H2,1H3. The number of hydrogen-bond donors (Lipinski definition) is 1. The molecule has 1 N–H and O–H groups in total. The number of carbonyl (C=O) groups excluding carboxylic acids is 1. The molecule has 1 aliphatic rings. The molecule has 0 aliphatic carbocycles. The number of nitrogens with one attached hydrogen (secondary N) is 1. The fraction of sp³-hybridized carbons (Fsp3) is 0.923. The molecule has 0 saturated carbocycles. The highest BCUT2D eigenvalue weighted by molar-refractivity contribution is 5.60. The van der Waals surface area contributed by atoms with E-state index in [4.69, 9.17) is 9.47 Å². The summed E-state index contributed by atoms with van der Waals surface area (Å²) in [6.07, 6.45) is 8.13. The van der Waals surface area contributed by atoms with E-state index in [0.717, 1.165) is 38.6 Å². The Labute approximate surface area is 104 Å². The number of unbranched alkanes of at least 4 members (excludes halogenated alkanes) is 3. The summed E-state index contributed by atoms with van der Waals surface area (Å²) in [5.74, 6) is 0. The SMILES string of the molecule is CCCCCCOC(=O)OC1CCCCCN1. The molecule has 4 heteroatoms. The van der Waals surface area contributed by atoms with E-state index in [1.807, 2.05) is 0 Å². The Morgan fingerprint density at radius 1 is 1.24 bits per heavy atom. The van der Waals surface area contributed by atoms with Crippen molar-refractivity contribution in [2.45, 2.75) is 64.5 Å². The Balaban J connectivity index is 2.03. The van der Waals surface area contributed by atoms with Crippen molar-refractivity contribution in [1.82, 2.24) is 5.32 Å². The molecule has 0 amide bonds. The van der Waals surface area contributed by atoms with Gasteiger partial charge < -0.3 is 9.47 Å². The highest BCUT2D eigenvalue weighted by Gasteiger charge is 2.16. The Bertz CT molecular complexity index is 201. The van der Waals surface area contributed by atoms with Crippen molar-refractivity contribution in [2.75, 3.05) is 13.2 Å². The number of carbonyl (C=O) groups is 1. The number of hydrogen-bond acceptors (Lipinski definition) is 4. The molecular formula is C13H25NO3. The van der Waals surface area contributed by atoms with Crippen LogP contribution in [0.15, 0.2) is 0 Å². The topological polar surface area (TPSA) is 47.6 Å². The number of ether oxygens (including phenoxy) is 2. The molecule has 0 spiro atoms. The van der Waals surface area contributed by atoms with Crippen LogP contribution in [0.25, 0.3) is 0 Å². The maximum absolute atomic E-state index is 11.4. The van der Waals surface area contributed by atoms with Crippen LogP contribution < -0.4 is 5.32 Å². The van der Waals surface area contributed by atoms with Crippen LogP contribution in [0.1, 0.15) is 58.3 Å². The predicted octanol–water partition coefficient (Wildman–Crippen LogP) is 3.21. The van der Waals surface area contributed by atoms with E-state index in [0.29, 0.717) is 6.61 Å². The lowest BCUT2D eigenvalue weighted by Gasteiger charge is -2.16. The smallest absolute Gasteiger partial charge is 0.434 e. The molecule has 0 radical (unpaired) electrons. The maximum Gasteiger partial charge on any atom is 0.509 e. The normalized spacial score (nSPS) is 20.6. The first-order chi connectivity index (χ1) is 8.33. The van der Waals surface area contributed by atoms with E-state index in [2.05, 4.69) is 12.2 Å². The summed E-state index contributed by atoms with van der Waals surface area (Å²) in [7, 11) is 0. The maximum atomic E-state index is 11.4. The summed E-state index contributed by atoms with van der Waals surface area (Å²) in [5.41, 5.74) is 0. The lowest BCUT2D eigenvalue weighted by atomic mass is 10.2. The van der Waals surface area contributed by atoms with Crippen LogP contribution in [0, 0.1) is 0 Å². The molecule has 1 fully saturated rings. The summed E-state index contributed by atoms with van der Waals surface area (Å²) < 4.78 is 10.2. The molecule has 1 aliphatic heterocycles. The van der Waals surface area contributed by atoms with Crippen molar-refractivity contribution in [3.05, 3.63) is 0 Å². The average molecular weight is 243 g/mol. The Hall–Kier alpha value is -0.770. The molecule has 0 bridgehead atoms. The molecule has 1 rings (SSSR count). The third-order valence-electron chi connectivity index (χ3n) is 2.97. The van der Waals surface area contributed by atoms with Crippen molar-refractivity contribution in [1.29, 1.82) is 0 Å². The van der Waals surface area contributed by atoms with Crippen LogP contribution in [0.3, 0.4) is 0 Å². The largest absolute Gasteiger partial charge is 0.509 e. The molecule has 0 aromatic carbocycles. The predicted molar refractivity (Wildman–Crippen MR) is 66.8 cm³/mol. The fourth-order valence-electron chi connectivity index (χ4n) is 1.93. The minimum atomic E-state index is -0.527. The van der Waals surface area contributed by atoms with Gasteiger partial charge in [0.1, 0.15) is 0 Å². The average Bonchev–Trinajstić information content (AvgIpc) is 2.57. The Kier molecular flexibility index (Phi) is 7.80. The van der Waals surface area contributed by atoms with Crippen LogP contribution in [0.5, 0.6) is 0 Å². The van der Waals surface area contributed by atoms with E-state index in [9.17, 15) is 4.79 Å². The van der Waals surface area contributed by atoms with Gasteiger partial charge in [-0.25, -0.2) is 4.79 Å². The summed E-state index contributed by atoms with van der Waals surface area (Å²) in [6, 6.07) is 0. The van der Waals surface area contributed by atoms with E-state index in [-0.39, 0.29) is 6.23 Å². The van der Waals surface area contributed by atoms with Gasteiger partial charge in [0.15, 0.2) is 6.23 Å². The zero-order valence-electron chi connectivity index (χ0n) is 10.9. The van der Waals surface area contributed by atoms with Crippen LogP contribution in [0.4, 0.5) is 4.79 Å². The second-order valence-corrected chi connectivity index (χ2v) is 4.57. The van der Waals surface area contributed by atoms with Gasteiger partial charge in [0, 0.05) is 0 Å². The molecule has 100 valence electrons. The van der Waals surface area contributed by atoms with E-state index < -0.39 is 6.16 Å². The third-order valence-corrected chi connectivity index (χ3v) is 2.97. The minimum Gasteiger partial charge on any atom is -0.434 e. The zero-order valence-corrected chi connectivity index (χ0v) is 10.9. The highest BCUT2D eigenvalue weighted by atomic mass is 16.7. The van der Waals surface area contributed by atoms with Gasteiger partial charge in [-0.2, -0.15) is 0 Å². The van der Waals surface area contributed by atoms with Crippen LogP contribution in [-0.4, -0.2) is 25.5 Å². The first-order valence-electron chi connectivity index (χ1n) is 6.89. The van der Waals surface area contributed by atoms with Crippen molar-refractivity contribution < 1.29 is 14.3 Å². The monoisotopic (exact) mass is 243 g/mol. The van der Waals surface area contributed by atoms with Crippen LogP contribution >= 0.6 is 0 Å². The van der Waals surface area contributed by atoms with Gasteiger partial charge in [-0.3, -0.25) is 5.32 Å². The van der Waals surface area contributed by atoms with E-state index >= 15 is 0 Å². The summed E-state index contributed by atoms with van der Waals surface area (Å²) in [5, 5.41) is 3.20. The van der Waals surface area contributed by atoms with Gasteiger partial charge in [0.2, 0.25) is 0 Å². The molecule has 4 nitrogen and oxygen atoms in total. The molecule has 1 unspecified atom stereocenters. The first kappa shape index (κ1) is 14.3. The second kappa shape index (κ2) is 9.28. The summed E-state index contributed by atoms with van der Waals surface area (Å²) in [6.45, 7) is 3.56. The summed E-state index contributed by atoms with van der Waals surface area (Å²) in [4.78, 5) is 11.4. The molecule has 0 aromatic rings. The molecule has 1 atom stereocenters. The third kappa shape index (κ3) is 7.21. The Morgan fingerprint density at radius 3 is 2.94 bits per heavy atom. The Morgan fingerprint density at radius 2 is 2.12 bits per heavy atom. The van der Waals surface area contributed by atoms with Gasteiger partial charge in [-0.1, -0.05) is 32.6 Å². The van der Waals surface area contributed by atoms with Crippen LogP contribution in [-0.2, 0) is 9.47 Å². The zero-order chi connectivity index (χ0) is 12.3. The highest BCUT2D eigenvalue weighted by Crippen LogP contribution is 2.10. The lowest BCUT2D eigenvalue weighted by Crippen LogP contribution is -2.33. The van der Waals surface area contributed by atoms with Crippen molar-refractivity contribution in [3.63, 3.8) is 0 Å². The molecule has 1 saturated heterocycles. The van der Waals surface area contributed by atoms with E-state index in [1.165, 1.54) is 19.3 Å².